The van der Waals surface area contributed by atoms with Crippen molar-refractivity contribution in [2.75, 3.05) is 0 Å². The van der Waals surface area contributed by atoms with Crippen LogP contribution in [0.5, 0.6) is 0 Å². The highest BCUT2D eigenvalue weighted by Gasteiger charge is 2.19. The zero-order valence-electron chi connectivity index (χ0n) is 11.0. The van der Waals surface area contributed by atoms with E-state index in [4.69, 9.17) is 17.4 Å². The largest absolute Gasteiger partial charge is 0.271 e. The molecule has 0 saturated carbocycles. The molecule has 1 unspecified atom stereocenters. The van der Waals surface area contributed by atoms with Crippen molar-refractivity contribution < 1.29 is 4.39 Å². The van der Waals surface area contributed by atoms with Gasteiger partial charge in [0.25, 0.3) is 0 Å². The average molecular weight is 358 g/mol. The van der Waals surface area contributed by atoms with Gasteiger partial charge in [0.2, 0.25) is 0 Å². The molecular formula is C15H15BrClFN2. The average Bonchev–Trinajstić information content (AvgIpc) is 2.39. The quantitative estimate of drug-likeness (QED) is 0.632. The summed E-state index contributed by atoms with van der Waals surface area (Å²) in [6.07, 6.45) is 0.509. The Balaban J connectivity index is 2.34. The van der Waals surface area contributed by atoms with Crippen LogP contribution in [0.3, 0.4) is 0 Å². The molecule has 0 radical (unpaired) electrons. The van der Waals surface area contributed by atoms with E-state index >= 15 is 0 Å². The number of hydrogen-bond acceptors (Lipinski definition) is 2. The summed E-state index contributed by atoms with van der Waals surface area (Å²) in [5, 5.41) is 0.665. The molecule has 0 amide bonds. The van der Waals surface area contributed by atoms with Crippen molar-refractivity contribution in [2.24, 2.45) is 5.84 Å². The van der Waals surface area contributed by atoms with Crippen LogP contribution in [0.25, 0.3) is 0 Å². The summed E-state index contributed by atoms with van der Waals surface area (Å²) in [6.45, 7) is 1.97. The molecule has 20 heavy (non-hydrogen) atoms. The third-order valence-electron chi connectivity index (χ3n) is 3.18. The van der Waals surface area contributed by atoms with Gasteiger partial charge in [0.15, 0.2) is 0 Å². The van der Waals surface area contributed by atoms with Crippen molar-refractivity contribution >= 4 is 27.5 Å². The van der Waals surface area contributed by atoms with Crippen LogP contribution < -0.4 is 11.3 Å². The van der Waals surface area contributed by atoms with Gasteiger partial charge in [-0.2, -0.15) is 0 Å². The van der Waals surface area contributed by atoms with Crippen molar-refractivity contribution in [1.82, 2.24) is 5.43 Å². The number of aryl methyl sites for hydroxylation is 1. The van der Waals surface area contributed by atoms with Crippen LogP contribution in [0, 0.1) is 12.7 Å². The minimum Gasteiger partial charge on any atom is -0.271 e. The van der Waals surface area contributed by atoms with E-state index in [-0.39, 0.29) is 11.9 Å². The first kappa shape index (κ1) is 15.4. The molecule has 0 saturated heterocycles. The van der Waals surface area contributed by atoms with Crippen molar-refractivity contribution in [1.29, 1.82) is 0 Å². The van der Waals surface area contributed by atoms with Gasteiger partial charge in [-0.1, -0.05) is 45.7 Å². The van der Waals surface area contributed by atoms with Crippen molar-refractivity contribution in [3.63, 3.8) is 0 Å². The molecule has 2 aromatic rings. The molecule has 5 heteroatoms. The zero-order chi connectivity index (χ0) is 14.7. The monoisotopic (exact) mass is 356 g/mol. The van der Waals surface area contributed by atoms with E-state index in [2.05, 4.69) is 21.4 Å². The van der Waals surface area contributed by atoms with Crippen molar-refractivity contribution in [3.05, 3.63) is 68.4 Å². The summed E-state index contributed by atoms with van der Waals surface area (Å²) < 4.78 is 14.7. The fourth-order valence-electron chi connectivity index (χ4n) is 2.13. The highest BCUT2D eigenvalue weighted by Crippen LogP contribution is 2.30. The number of halogens is 3. The molecule has 2 rings (SSSR count). The number of hydrogen-bond donors (Lipinski definition) is 2. The fraction of sp³-hybridized carbons (Fsp3) is 0.200. The smallest absolute Gasteiger partial charge is 0.129 e. The lowest BCUT2D eigenvalue weighted by molar-refractivity contribution is 0.508. The van der Waals surface area contributed by atoms with Crippen LogP contribution in [-0.4, -0.2) is 0 Å². The molecule has 0 bridgehead atoms. The minimum absolute atomic E-state index is 0.300. The summed E-state index contributed by atoms with van der Waals surface area (Å²) in [6, 6.07) is 10.3. The number of hydrazine groups is 1. The molecule has 2 nitrogen and oxygen atoms in total. The van der Waals surface area contributed by atoms with Gasteiger partial charge in [0.1, 0.15) is 5.82 Å². The Labute approximate surface area is 131 Å². The molecule has 2 aromatic carbocycles. The van der Waals surface area contributed by atoms with E-state index in [1.807, 2.05) is 25.1 Å². The molecule has 0 aliphatic rings. The molecular weight excluding hydrogens is 343 g/mol. The highest BCUT2D eigenvalue weighted by molar-refractivity contribution is 9.10. The summed E-state index contributed by atoms with van der Waals surface area (Å²) >= 11 is 9.59. The Hall–Kier alpha value is -0.940. The van der Waals surface area contributed by atoms with E-state index in [0.29, 0.717) is 21.5 Å². The van der Waals surface area contributed by atoms with E-state index in [1.54, 1.807) is 12.1 Å². The Kier molecular flexibility index (Phi) is 5.16. The minimum atomic E-state index is -0.356. The van der Waals surface area contributed by atoms with Gasteiger partial charge in [-0.05, 0) is 42.7 Å². The van der Waals surface area contributed by atoms with Crippen LogP contribution in [0.1, 0.15) is 22.7 Å². The third kappa shape index (κ3) is 3.38. The van der Waals surface area contributed by atoms with E-state index in [9.17, 15) is 4.39 Å². The van der Waals surface area contributed by atoms with Gasteiger partial charge in [0, 0.05) is 15.1 Å². The lowest BCUT2D eigenvalue weighted by Crippen LogP contribution is -2.30. The first-order valence-electron chi connectivity index (χ1n) is 6.18. The number of rotatable bonds is 4. The highest BCUT2D eigenvalue weighted by atomic mass is 79.9. The van der Waals surface area contributed by atoms with Crippen molar-refractivity contribution in [3.8, 4) is 0 Å². The zero-order valence-corrected chi connectivity index (χ0v) is 13.3. The molecule has 0 fully saturated rings. The Morgan fingerprint density at radius 2 is 2.10 bits per heavy atom. The van der Waals surface area contributed by atoms with Crippen molar-refractivity contribution in [2.45, 2.75) is 19.4 Å². The summed E-state index contributed by atoms with van der Waals surface area (Å²) in [5.74, 6) is 5.29. The van der Waals surface area contributed by atoms with Gasteiger partial charge in [-0.3, -0.25) is 11.3 Å². The Bertz CT molecular complexity index is 599. The molecule has 3 N–H and O–H groups in total. The second-order valence-corrected chi connectivity index (χ2v) is 5.92. The molecule has 106 valence electrons. The van der Waals surface area contributed by atoms with Crippen LogP contribution in [0.15, 0.2) is 40.9 Å². The topological polar surface area (TPSA) is 38.0 Å². The van der Waals surface area contributed by atoms with Crippen LogP contribution in [0.4, 0.5) is 4.39 Å². The third-order valence-corrected chi connectivity index (χ3v) is 4.23. The standard InChI is InChI=1S/C15H15BrClFN2/c1-9-5-6-10(12(17)7-9)8-14(20-19)15-11(16)3-2-4-13(15)18/h2-7,14,20H,8,19H2,1H3. The lowest BCUT2D eigenvalue weighted by atomic mass is 9.98. The predicted molar refractivity (Wildman–Crippen MR) is 84.1 cm³/mol. The van der Waals surface area contributed by atoms with Gasteiger partial charge in [-0.25, -0.2) is 4.39 Å². The molecule has 0 heterocycles. The summed E-state index contributed by atoms with van der Waals surface area (Å²) in [4.78, 5) is 0. The SMILES string of the molecule is Cc1ccc(CC(NN)c2c(F)cccc2Br)c(Cl)c1. The molecule has 0 aromatic heterocycles. The molecule has 0 aliphatic heterocycles. The predicted octanol–water partition coefficient (Wildman–Crippen LogP) is 4.30. The van der Waals surface area contributed by atoms with Gasteiger partial charge in [0.05, 0.1) is 6.04 Å². The van der Waals surface area contributed by atoms with Gasteiger partial charge in [-0.15, -0.1) is 0 Å². The van der Waals surface area contributed by atoms with E-state index < -0.39 is 0 Å². The van der Waals surface area contributed by atoms with E-state index in [1.165, 1.54) is 6.07 Å². The van der Waals surface area contributed by atoms with Gasteiger partial charge >= 0.3 is 0 Å². The first-order valence-corrected chi connectivity index (χ1v) is 7.35. The Morgan fingerprint density at radius 1 is 1.35 bits per heavy atom. The second kappa shape index (κ2) is 6.68. The molecule has 0 spiro atoms. The summed E-state index contributed by atoms with van der Waals surface area (Å²) in [5.41, 5.74) is 5.18. The lowest BCUT2D eigenvalue weighted by Gasteiger charge is -2.19. The van der Waals surface area contributed by atoms with Crippen LogP contribution in [-0.2, 0) is 6.42 Å². The van der Waals surface area contributed by atoms with Crippen LogP contribution in [0.2, 0.25) is 5.02 Å². The number of nitrogens with two attached hydrogens (primary N) is 1. The maximum Gasteiger partial charge on any atom is 0.129 e. The number of benzene rings is 2. The first-order chi connectivity index (χ1) is 9.52. The van der Waals surface area contributed by atoms with Crippen LogP contribution >= 0.6 is 27.5 Å². The fourth-order valence-corrected chi connectivity index (χ4v) is 3.06. The van der Waals surface area contributed by atoms with Gasteiger partial charge < -0.3 is 0 Å². The maximum absolute atomic E-state index is 14.0. The Morgan fingerprint density at radius 3 is 2.70 bits per heavy atom. The molecule has 1 atom stereocenters. The summed E-state index contributed by atoms with van der Waals surface area (Å²) in [7, 11) is 0. The maximum atomic E-state index is 14.0. The second-order valence-electron chi connectivity index (χ2n) is 4.65. The molecule has 0 aliphatic carbocycles. The normalized spacial score (nSPS) is 12.4. The van der Waals surface area contributed by atoms with E-state index in [0.717, 1.165) is 11.1 Å². The number of nitrogens with one attached hydrogen (secondary N) is 1.